The lowest BCUT2D eigenvalue weighted by Crippen LogP contribution is -2.32. The van der Waals surface area contributed by atoms with Crippen molar-refractivity contribution in [3.05, 3.63) is 132 Å². The van der Waals surface area contributed by atoms with Crippen molar-refractivity contribution < 1.29 is 0 Å². The Morgan fingerprint density at radius 2 is 1.20 bits per heavy atom. The lowest BCUT2D eigenvalue weighted by atomic mass is 9.58. The smallest absolute Gasteiger partial charge is 0.00553 e. The number of hydrogen-bond acceptors (Lipinski definition) is 0. The summed E-state index contributed by atoms with van der Waals surface area (Å²) in [6, 6.07) is 20.8. The minimum atomic E-state index is 0.474. The molecule has 5 aliphatic rings. The highest BCUT2D eigenvalue weighted by atomic mass is 14.5. The summed E-state index contributed by atoms with van der Waals surface area (Å²) in [6.07, 6.45) is 13.8. The van der Waals surface area contributed by atoms with Crippen molar-refractivity contribution in [2.75, 3.05) is 0 Å². The first-order valence-electron chi connectivity index (χ1n) is 28.3. The van der Waals surface area contributed by atoms with Gasteiger partial charge in [0.1, 0.15) is 0 Å². The van der Waals surface area contributed by atoms with E-state index in [1.807, 2.05) is 0 Å². The van der Waals surface area contributed by atoms with Gasteiger partial charge in [0, 0.05) is 0 Å². The van der Waals surface area contributed by atoms with Gasteiger partial charge in [-0.25, -0.2) is 0 Å². The zero-order chi connectivity index (χ0) is 48.2. The molecule has 69 heavy (non-hydrogen) atoms. The van der Waals surface area contributed by atoms with Crippen LogP contribution in [0.5, 0.6) is 0 Å². The first kappa shape index (κ1) is 45.7. The molecule has 0 aromatic heterocycles. The van der Waals surface area contributed by atoms with Gasteiger partial charge >= 0.3 is 0 Å². The molecule has 0 heterocycles. The highest BCUT2D eigenvalue weighted by Crippen LogP contribution is 2.60. The Morgan fingerprint density at radius 3 is 1.91 bits per heavy atom. The Morgan fingerprint density at radius 1 is 0.522 bits per heavy atom. The van der Waals surface area contributed by atoms with Crippen molar-refractivity contribution in [1.29, 1.82) is 0 Å². The molecule has 358 valence electrons. The van der Waals surface area contributed by atoms with Crippen LogP contribution >= 0.6 is 0 Å². The van der Waals surface area contributed by atoms with Crippen LogP contribution in [0.25, 0.3) is 59.4 Å². The van der Waals surface area contributed by atoms with Gasteiger partial charge in [-0.05, 0) is 301 Å². The van der Waals surface area contributed by atoms with E-state index >= 15 is 0 Å². The summed E-state index contributed by atoms with van der Waals surface area (Å²) in [5.41, 5.74) is 26.0. The van der Waals surface area contributed by atoms with E-state index in [1.165, 1.54) is 103 Å². The molecule has 0 bridgehead atoms. The molecule has 0 N–H and O–H groups in total. The summed E-state index contributed by atoms with van der Waals surface area (Å²) < 4.78 is 0. The molecule has 7 unspecified atom stereocenters. The normalized spacial score (nSPS) is 23.9. The van der Waals surface area contributed by atoms with E-state index in [-0.39, 0.29) is 0 Å². The zero-order valence-corrected chi connectivity index (χ0v) is 45.2. The fraction of sp³-hybridized carbons (Fsp3) is 0.507. The predicted molar refractivity (Wildman–Crippen MR) is 301 cm³/mol. The van der Waals surface area contributed by atoms with E-state index < -0.39 is 0 Å². The van der Waals surface area contributed by atoms with Gasteiger partial charge < -0.3 is 0 Å². The molecule has 7 aromatic rings. The molecule has 0 nitrogen and oxygen atoms in total. The number of allylic oxidation sites excluding steroid dienone is 2. The summed E-state index contributed by atoms with van der Waals surface area (Å²) in [7, 11) is 0. The van der Waals surface area contributed by atoms with E-state index in [0.29, 0.717) is 59.2 Å². The van der Waals surface area contributed by atoms with Crippen molar-refractivity contribution in [2.45, 2.75) is 197 Å². The van der Waals surface area contributed by atoms with Gasteiger partial charge in [0.25, 0.3) is 0 Å². The maximum absolute atomic E-state index is 2.68. The second-order valence-electron chi connectivity index (χ2n) is 25.3. The van der Waals surface area contributed by atoms with Gasteiger partial charge in [-0.15, -0.1) is 0 Å². The Bertz CT molecular complexity index is 3360. The first-order valence-corrected chi connectivity index (χ1v) is 28.3. The Hall–Kier alpha value is -4.42. The summed E-state index contributed by atoms with van der Waals surface area (Å²) in [4.78, 5) is 0. The molecule has 0 saturated heterocycles. The van der Waals surface area contributed by atoms with Crippen molar-refractivity contribution >= 4 is 59.4 Å². The lowest BCUT2D eigenvalue weighted by molar-refractivity contribution is 0.301. The van der Waals surface area contributed by atoms with E-state index in [0.717, 1.165) is 6.42 Å². The standard InChI is InChI=1S/C69H82/c1-15-44-20-23-53-57(40(44)11)33-54(36(6)7)62-43(14)61-49(32-59(53)62)24-37(8)51-22-21-45(41(12)63(51)61)18-16-17-19-52-42(13)64-60-30-47(35(4)5)27-48-25-38(9)55-26-39(10)56-31-50-28-46(34(2)3)29-58(52)65(50)69(64)68(56)67(55)66(48)60/h20,23,27-30,32-39,45,51,55-56H,15-19,21-22,24-26,31H2,1-14H3. The van der Waals surface area contributed by atoms with Crippen molar-refractivity contribution in [2.24, 2.45) is 29.6 Å². The lowest BCUT2D eigenvalue weighted by Gasteiger charge is -2.46. The van der Waals surface area contributed by atoms with Crippen molar-refractivity contribution in [3.8, 4) is 0 Å². The molecule has 0 aliphatic heterocycles. The van der Waals surface area contributed by atoms with Crippen LogP contribution in [0.3, 0.4) is 0 Å². The van der Waals surface area contributed by atoms with Crippen LogP contribution in [0.15, 0.2) is 54.1 Å². The average Bonchev–Trinajstić information content (AvgIpc) is 3.31. The highest BCUT2D eigenvalue weighted by molar-refractivity contribution is 6.25. The summed E-state index contributed by atoms with van der Waals surface area (Å²) in [5.74, 6) is 6.27. The largest absolute Gasteiger partial charge is 0.0661 e. The molecule has 7 atom stereocenters. The molecule has 0 spiro atoms. The zero-order valence-electron chi connectivity index (χ0n) is 45.2. The fourth-order valence-electron chi connectivity index (χ4n) is 16.7. The second-order valence-corrected chi connectivity index (χ2v) is 25.3. The number of aryl methyl sites for hydroxylation is 5. The maximum Gasteiger partial charge on any atom is -0.00553 e. The molecule has 0 radical (unpaired) electrons. The van der Waals surface area contributed by atoms with Gasteiger partial charge in [0.05, 0.1) is 0 Å². The molecule has 0 fully saturated rings. The molecular formula is C69H82. The molecule has 5 aliphatic carbocycles. The first-order chi connectivity index (χ1) is 33.1. The van der Waals surface area contributed by atoms with Crippen LogP contribution in [-0.4, -0.2) is 0 Å². The van der Waals surface area contributed by atoms with Gasteiger partial charge in [-0.1, -0.05) is 118 Å². The Kier molecular flexibility index (Phi) is 11.0. The minimum Gasteiger partial charge on any atom is -0.0661 e. The molecule has 7 aromatic carbocycles. The summed E-state index contributed by atoms with van der Waals surface area (Å²) >= 11 is 0. The van der Waals surface area contributed by atoms with Crippen LogP contribution in [0.2, 0.25) is 0 Å². The van der Waals surface area contributed by atoms with Gasteiger partial charge in [-0.3, -0.25) is 0 Å². The average molecular weight is 911 g/mol. The molecule has 0 heteroatoms. The van der Waals surface area contributed by atoms with Gasteiger partial charge in [0.15, 0.2) is 0 Å². The summed E-state index contributed by atoms with van der Waals surface area (Å²) in [6.45, 7) is 34.6. The van der Waals surface area contributed by atoms with E-state index in [9.17, 15) is 0 Å². The number of unbranched alkanes of at least 4 members (excludes halogenated alkanes) is 1. The number of fused-ring (bicyclic) bond motifs is 7. The molecule has 12 rings (SSSR count). The Balaban J connectivity index is 0.947. The van der Waals surface area contributed by atoms with Crippen molar-refractivity contribution in [1.82, 2.24) is 0 Å². The molecular weight excluding hydrogens is 829 g/mol. The molecule has 0 amide bonds. The number of benzene rings is 7. The quantitative estimate of drug-likeness (QED) is 0.1000. The predicted octanol–water partition coefficient (Wildman–Crippen LogP) is 19.7. The topological polar surface area (TPSA) is 0 Å². The van der Waals surface area contributed by atoms with Crippen LogP contribution < -0.4 is 0 Å². The van der Waals surface area contributed by atoms with E-state index in [2.05, 4.69) is 145 Å². The summed E-state index contributed by atoms with van der Waals surface area (Å²) in [5, 5.41) is 15.8. The van der Waals surface area contributed by atoms with Crippen LogP contribution in [-0.2, 0) is 32.1 Å². The van der Waals surface area contributed by atoms with E-state index in [1.54, 1.807) is 104 Å². The highest BCUT2D eigenvalue weighted by Gasteiger charge is 2.44. The minimum absolute atomic E-state index is 0.474. The number of hydrogen-bond donors (Lipinski definition) is 0. The second kappa shape index (κ2) is 16.6. The van der Waals surface area contributed by atoms with Gasteiger partial charge in [-0.2, -0.15) is 0 Å². The van der Waals surface area contributed by atoms with Crippen LogP contribution in [0, 0.1) is 50.4 Å². The maximum atomic E-state index is 2.68. The Labute approximate surface area is 416 Å². The van der Waals surface area contributed by atoms with Crippen LogP contribution in [0.4, 0.5) is 0 Å². The SMILES string of the molecule is CCc1ccc2c(cc(C(C)C)c3c(C)c4c(cc32)CC(C)C2CCC(CCCCc3c(C)c5c6cc(C(C)C)cc7c6c6c8c5c5c(cc(C(C)C)cc35)CC8C(C)CC6C(C)C7)C(C)=C42)c1C. The van der Waals surface area contributed by atoms with Gasteiger partial charge in [0.2, 0.25) is 0 Å². The fourth-order valence-corrected chi connectivity index (χ4v) is 16.7. The third kappa shape index (κ3) is 6.64. The van der Waals surface area contributed by atoms with E-state index in [4.69, 9.17) is 0 Å². The van der Waals surface area contributed by atoms with Crippen molar-refractivity contribution in [3.63, 3.8) is 0 Å². The monoisotopic (exact) mass is 911 g/mol. The third-order valence-electron chi connectivity index (χ3n) is 20.4. The molecule has 0 saturated carbocycles. The number of rotatable bonds is 9. The third-order valence-corrected chi connectivity index (χ3v) is 20.4. The van der Waals surface area contributed by atoms with Crippen LogP contribution in [0.1, 0.15) is 222 Å².